The first kappa shape index (κ1) is 10.4. The van der Waals surface area contributed by atoms with Gasteiger partial charge in [-0.1, -0.05) is 31.9 Å². The third kappa shape index (κ3) is 7.26. The van der Waals surface area contributed by atoms with E-state index in [2.05, 4.69) is 6.92 Å². The molecular formula is C9H16O2. The highest BCUT2D eigenvalue weighted by atomic mass is 16.3. The van der Waals surface area contributed by atoms with Gasteiger partial charge in [-0.2, -0.15) is 0 Å². The van der Waals surface area contributed by atoms with E-state index in [1.54, 1.807) is 0 Å². The summed E-state index contributed by atoms with van der Waals surface area (Å²) in [5.41, 5.74) is 0. The summed E-state index contributed by atoms with van der Waals surface area (Å²) >= 11 is 0. The van der Waals surface area contributed by atoms with Crippen LogP contribution in [-0.4, -0.2) is 17.5 Å². The molecule has 0 rings (SSSR count). The van der Waals surface area contributed by atoms with Gasteiger partial charge in [0, 0.05) is 0 Å². The molecule has 0 aliphatic rings. The highest BCUT2D eigenvalue weighted by Crippen LogP contribution is 1.97. The van der Waals surface area contributed by atoms with Gasteiger partial charge in [-0.25, -0.2) is 0 Å². The van der Waals surface area contributed by atoms with Gasteiger partial charge in [0.15, 0.2) is 0 Å². The number of aliphatic hydroxyl groups excluding tert-OH is 1. The van der Waals surface area contributed by atoms with Crippen LogP contribution in [0.25, 0.3) is 0 Å². The van der Waals surface area contributed by atoms with Crippen molar-refractivity contribution < 1.29 is 9.90 Å². The van der Waals surface area contributed by atoms with E-state index < -0.39 is 6.10 Å². The molecule has 0 saturated carbocycles. The van der Waals surface area contributed by atoms with Crippen molar-refractivity contribution in [3.63, 3.8) is 0 Å². The third-order valence-electron chi connectivity index (χ3n) is 1.43. The quantitative estimate of drug-likeness (QED) is 0.361. The van der Waals surface area contributed by atoms with Crippen LogP contribution in [0.5, 0.6) is 0 Å². The SMILES string of the molecule is CCCC/C=C/CC(O)C=O. The van der Waals surface area contributed by atoms with Crippen molar-refractivity contribution in [1.82, 2.24) is 0 Å². The molecule has 0 fully saturated rings. The van der Waals surface area contributed by atoms with Gasteiger partial charge in [-0.05, 0) is 12.8 Å². The molecule has 0 amide bonds. The number of hydrogen-bond acceptors (Lipinski definition) is 2. The third-order valence-corrected chi connectivity index (χ3v) is 1.43. The minimum atomic E-state index is -0.812. The monoisotopic (exact) mass is 156 g/mol. The molecule has 0 saturated heterocycles. The van der Waals surface area contributed by atoms with Crippen LogP contribution in [0.3, 0.4) is 0 Å². The number of allylic oxidation sites excluding steroid dienone is 1. The molecule has 2 nitrogen and oxygen atoms in total. The highest BCUT2D eigenvalue weighted by Gasteiger charge is 1.94. The Kier molecular flexibility index (Phi) is 7.05. The Hall–Kier alpha value is -0.630. The molecular weight excluding hydrogens is 140 g/mol. The van der Waals surface area contributed by atoms with E-state index in [4.69, 9.17) is 5.11 Å². The summed E-state index contributed by atoms with van der Waals surface area (Å²) < 4.78 is 0. The minimum absolute atomic E-state index is 0.452. The summed E-state index contributed by atoms with van der Waals surface area (Å²) in [6.45, 7) is 2.13. The lowest BCUT2D eigenvalue weighted by Crippen LogP contribution is -2.04. The molecule has 0 aliphatic carbocycles. The number of carbonyl (C=O) groups is 1. The number of carbonyl (C=O) groups excluding carboxylic acids is 1. The van der Waals surface area contributed by atoms with Gasteiger partial charge < -0.3 is 9.90 Å². The minimum Gasteiger partial charge on any atom is -0.385 e. The highest BCUT2D eigenvalue weighted by molar-refractivity contribution is 5.55. The van der Waals surface area contributed by atoms with Crippen LogP contribution in [0.2, 0.25) is 0 Å². The van der Waals surface area contributed by atoms with Crippen LogP contribution >= 0.6 is 0 Å². The Morgan fingerprint density at radius 1 is 1.45 bits per heavy atom. The second kappa shape index (κ2) is 7.48. The zero-order chi connectivity index (χ0) is 8.53. The van der Waals surface area contributed by atoms with Gasteiger partial charge in [0.2, 0.25) is 0 Å². The zero-order valence-electron chi connectivity index (χ0n) is 6.99. The molecule has 2 heteroatoms. The first-order valence-corrected chi connectivity index (χ1v) is 4.09. The van der Waals surface area contributed by atoms with E-state index in [1.807, 2.05) is 12.2 Å². The topological polar surface area (TPSA) is 37.3 Å². The van der Waals surface area contributed by atoms with Crippen molar-refractivity contribution in [2.75, 3.05) is 0 Å². The van der Waals surface area contributed by atoms with Crippen molar-refractivity contribution in [2.24, 2.45) is 0 Å². The molecule has 11 heavy (non-hydrogen) atoms. The van der Waals surface area contributed by atoms with Crippen molar-refractivity contribution in [1.29, 1.82) is 0 Å². The standard InChI is InChI=1S/C9H16O2/c1-2-3-4-5-6-7-9(11)8-10/h5-6,8-9,11H,2-4,7H2,1H3/b6-5+. The lowest BCUT2D eigenvalue weighted by molar-refractivity contribution is -0.114. The molecule has 0 aromatic rings. The summed E-state index contributed by atoms with van der Waals surface area (Å²) in [6, 6.07) is 0. The Bertz CT molecular complexity index is 119. The predicted octanol–water partition coefficient (Wildman–Crippen LogP) is 1.68. The smallest absolute Gasteiger partial charge is 0.148 e. The van der Waals surface area contributed by atoms with Crippen molar-refractivity contribution in [3.8, 4) is 0 Å². The van der Waals surface area contributed by atoms with Crippen molar-refractivity contribution in [3.05, 3.63) is 12.2 Å². The molecule has 1 atom stereocenters. The van der Waals surface area contributed by atoms with E-state index in [9.17, 15) is 4.79 Å². The van der Waals surface area contributed by atoms with E-state index in [0.717, 1.165) is 6.42 Å². The number of rotatable bonds is 6. The average Bonchev–Trinajstić information content (AvgIpc) is 2.04. The predicted molar refractivity (Wildman–Crippen MR) is 45.4 cm³/mol. The van der Waals surface area contributed by atoms with Gasteiger partial charge in [-0.15, -0.1) is 0 Å². The molecule has 0 aromatic carbocycles. The summed E-state index contributed by atoms with van der Waals surface area (Å²) in [6.07, 6.45) is 7.46. The van der Waals surface area contributed by atoms with E-state index in [-0.39, 0.29) is 0 Å². The van der Waals surface area contributed by atoms with Crippen LogP contribution in [0.15, 0.2) is 12.2 Å². The maximum absolute atomic E-state index is 9.94. The molecule has 64 valence electrons. The molecule has 0 spiro atoms. The zero-order valence-corrected chi connectivity index (χ0v) is 6.99. The Labute approximate surface area is 67.9 Å². The van der Waals surface area contributed by atoms with E-state index >= 15 is 0 Å². The lowest BCUT2D eigenvalue weighted by atomic mass is 10.2. The Morgan fingerprint density at radius 3 is 2.73 bits per heavy atom. The van der Waals surface area contributed by atoms with Gasteiger partial charge >= 0.3 is 0 Å². The molecule has 0 heterocycles. The number of aliphatic hydroxyl groups is 1. The first-order chi connectivity index (χ1) is 5.31. The van der Waals surface area contributed by atoms with Gasteiger partial charge in [0.05, 0.1) is 0 Å². The van der Waals surface area contributed by atoms with Crippen molar-refractivity contribution in [2.45, 2.75) is 38.7 Å². The summed E-state index contributed by atoms with van der Waals surface area (Å²) in [7, 11) is 0. The van der Waals surface area contributed by atoms with Gasteiger partial charge in [0.25, 0.3) is 0 Å². The molecule has 0 aliphatic heterocycles. The number of aldehydes is 1. The number of unbranched alkanes of at least 4 members (excludes halogenated alkanes) is 2. The van der Waals surface area contributed by atoms with Crippen LogP contribution in [-0.2, 0) is 4.79 Å². The maximum atomic E-state index is 9.94. The second-order valence-corrected chi connectivity index (χ2v) is 2.55. The normalized spacial score (nSPS) is 13.6. The fraction of sp³-hybridized carbons (Fsp3) is 0.667. The Balaban J connectivity index is 3.21. The first-order valence-electron chi connectivity index (χ1n) is 4.09. The Morgan fingerprint density at radius 2 is 2.18 bits per heavy atom. The summed E-state index contributed by atoms with van der Waals surface area (Å²) in [5, 5.41) is 8.80. The molecule has 0 aromatic heterocycles. The maximum Gasteiger partial charge on any atom is 0.148 e. The average molecular weight is 156 g/mol. The second-order valence-electron chi connectivity index (χ2n) is 2.55. The van der Waals surface area contributed by atoms with Gasteiger partial charge in [-0.3, -0.25) is 0 Å². The molecule has 1 unspecified atom stereocenters. The van der Waals surface area contributed by atoms with Gasteiger partial charge in [0.1, 0.15) is 12.4 Å². The molecule has 1 N–H and O–H groups in total. The molecule has 0 radical (unpaired) electrons. The number of hydrogen-bond donors (Lipinski definition) is 1. The molecule has 0 bridgehead atoms. The van der Waals surface area contributed by atoms with Crippen LogP contribution in [0.4, 0.5) is 0 Å². The van der Waals surface area contributed by atoms with E-state index in [1.165, 1.54) is 12.8 Å². The lowest BCUT2D eigenvalue weighted by Gasteiger charge is -1.94. The fourth-order valence-electron chi connectivity index (χ4n) is 0.731. The van der Waals surface area contributed by atoms with E-state index in [0.29, 0.717) is 12.7 Å². The largest absolute Gasteiger partial charge is 0.385 e. The summed E-state index contributed by atoms with van der Waals surface area (Å²) in [5.74, 6) is 0. The van der Waals surface area contributed by atoms with Crippen molar-refractivity contribution >= 4 is 6.29 Å². The van der Waals surface area contributed by atoms with Crippen LogP contribution < -0.4 is 0 Å². The van der Waals surface area contributed by atoms with Crippen LogP contribution in [0, 0.1) is 0 Å². The fourth-order valence-corrected chi connectivity index (χ4v) is 0.731. The summed E-state index contributed by atoms with van der Waals surface area (Å²) in [4.78, 5) is 9.94. The van der Waals surface area contributed by atoms with Crippen LogP contribution in [0.1, 0.15) is 32.6 Å².